The first-order chi connectivity index (χ1) is 23.7. The minimum atomic E-state index is -3.02. The molecule has 2 unspecified atom stereocenters. The van der Waals surface area contributed by atoms with Crippen LogP contribution in [0, 0.1) is 13.8 Å². The van der Waals surface area contributed by atoms with Crippen LogP contribution in [0.4, 0.5) is 4.79 Å². The number of amides is 1. The first-order valence-corrected chi connectivity index (χ1v) is 19.3. The molecule has 1 aliphatic heterocycles. The fraction of sp³-hybridized carbons (Fsp3) is 0.366. The van der Waals surface area contributed by atoms with Gasteiger partial charge in [-0.1, -0.05) is 87.5 Å². The number of hydrogen-bond acceptors (Lipinski definition) is 7. The molecule has 5 aromatic rings. The Hall–Kier alpha value is -4.60. The Kier molecular flexibility index (Phi) is 9.59. The Morgan fingerprint density at radius 3 is 2.10 bits per heavy atom. The average molecular weight is 689 g/mol. The lowest BCUT2D eigenvalue weighted by molar-refractivity contribution is 0.00140. The SMILES string of the molecule is Cc1cc(C)c(-c2ccc3ncc(C4CCN(C(=O)OC(C)(C)C)CC4O[Si](c4ccccc4)(c4ccccc4)C(C)(C)C)nc3n2)c(O)c1. The van der Waals surface area contributed by atoms with E-state index in [0.717, 1.165) is 27.2 Å². The van der Waals surface area contributed by atoms with Crippen LogP contribution in [0.5, 0.6) is 5.75 Å². The summed E-state index contributed by atoms with van der Waals surface area (Å²) < 4.78 is 13.6. The highest BCUT2D eigenvalue weighted by atomic mass is 28.4. The molecule has 1 N–H and O–H groups in total. The number of nitrogens with zero attached hydrogens (tertiary/aromatic N) is 4. The fourth-order valence-corrected chi connectivity index (χ4v) is 12.0. The van der Waals surface area contributed by atoms with Crippen LogP contribution in [-0.2, 0) is 9.16 Å². The molecule has 260 valence electrons. The van der Waals surface area contributed by atoms with E-state index in [0.29, 0.717) is 41.9 Å². The zero-order chi connectivity index (χ0) is 35.8. The Bertz CT molecular complexity index is 1930. The van der Waals surface area contributed by atoms with Gasteiger partial charge in [0.05, 0.1) is 17.5 Å². The number of piperidine rings is 1. The molecule has 3 heterocycles. The second kappa shape index (κ2) is 13.6. The van der Waals surface area contributed by atoms with Crippen LogP contribution in [-0.4, -0.2) is 64.2 Å². The summed E-state index contributed by atoms with van der Waals surface area (Å²) in [5.74, 6) is 0.0129. The van der Waals surface area contributed by atoms with Gasteiger partial charge in [-0.05, 0) is 85.8 Å². The normalized spacial score (nSPS) is 17.2. The maximum absolute atomic E-state index is 13.5. The Morgan fingerprint density at radius 1 is 0.880 bits per heavy atom. The summed E-state index contributed by atoms with van der Waals surface area (Å²) in [5.41, 5.74) is 4.54. The summed E-state index contributed by atoms with van der Waals surface area (Å²) in [4.78, 5) is 30.2. The van der Waals surface area contributed by atoms with E-state index in [9.17, 15) is 9.90 Å². The number of rotatable bonds is 6. The van der Waals surface area contributed by atoms with Gasteiger partial charge in [0.2, 0.25) is 0 Å². The number of aryl methyl sites for hydroxylation is 2. The minimum absolute atomic E-state index is 0.174. The van der Waals surface area contributed by atoms with Crippen molar-refractivity contribution in [3.05, 3.63) is 108 Å². The highest BCUT2D eigenvalue weighted by Crippen LogP contribution is 2.41. The highest BCUT2D eigenvalue weighted by molar-refractivity contribution is 6.99. The van der Waals surface area contributed by atoms with Gasteiger partial charge in [0.15, 0.2) is 5.65 Å². The van der Waals surface area contributed by atoms with Gasteiger partial charge >= 0.3 is 6.09 Å². The number of aromatic hydroxyl groups is 1. The number of fused-ring (bicyclic) bond motifs is 1. The number of likely N-dealkylation sites (tertiary alicyclic amines) is 1. The first-order valence-electron chi connectivity index (χ1n) is 17.4. The molecule has 3 aromatic carbocycles. The minimum Gasteiger partial charge on any atom is -0.507 e. The molecule has 1 aliphatic rings. The van der Waals surface area contributed by atoms with Crippen molar-refractivity contribution in [2.24, 2.45) is 0 Å². The number of phenols is 1. The Labute approximate surface area is 296 Å². The molecular weight excluding hydrogens is 641 g/mol. The maximum atomic E-state index is 13.5. The number of phenolic OH excluding ortho intramolecular Hbond substituents is 1. The summed E-state index contributed by atoms with van der Waals surface area (Å²) in [6.45, 7) is 17.2. The summed E-state index contributed by atoms with van der Waals surface area (Å²) in [5, 5.41) is 12.9. The van der Waals surface area contributed by atoms with Crippen molar-refractivity contribution in [1.29, 1.82) is 0 Å². The smallest absolute Gasteiger partial charge is 0.410 e. The molecule has 0 spiro atoms. The van der Waals surface area contributed by atoms with Crippen LogP contribution in [0.15, 0.2) is 91.1 Å². The van der Waals surface area contributed by atoms with Crippen molar-refractivity contribution >= 4 is 35.9 Å². The molecule has 0 saturated carbocycles. The van der Waals surface area contributed by atoms with E-state index >= 15 is 0 Å². The molecule has 0 radical (unpaired) electrons. The van der Waals surface area contributed by atoms with Crippen LogP contribution < -0.4 is 10.4 Å². The summed E-state index contributed by atoms with van der Waals surface area (Å²) in [6.07, 6.45) is 1.67. The van der Waals surface area contributed by atoms with Gasteiger partial charge in [-0.15, -0.1) is 0 Å². The van der Waals surface area contributed by atoms with Gasteiger partial charge in [-0.3, -0.25) is 4.98 Å². The molecule has 1 saturated heterocycles. The Balaban J connectivity index is 1.47. The lowest BCUT2D eigenvalue weighted by atomic mass is 9.91. The maximum Gasteiger partial charge on any atom is 0.410 e. The van der Waals surface area contributed by atoms with Crippen LogP contribution >= 0.6 is 0 Å². The molecule has 8 nitrogen and oxygen atoms in total. The molecule has 50 heavy (non-hydrogen) atoms. The Morgan fingerprint density at radius 2 is 1.52 bits per heavy atom. The van der Waals surface area contributed by atoms with E-state index in [4.69, 9.17) is 24.1 Å². The van der Waals surface area contributed by atoms with Gasteiger partial charge in [0, 0.05) is 30.8 Å². The lowest BCUT2D eigenvalue weighted by Crippen LogP contribution is -2.69. The highest BCUT2D eigenvalue weighted by Gasteiger charge is 2.53. The number of aromatic nitrogens is 3. The molecule has 1 amide bonds. The fourth-order valence-electron chi connectivity index (χ4n) is 7.29. The van der Waals surface area contributed by atoms with Crippen molar-refractivity contribution in [2.75, 3.05) is 13.1 Å². The summed E-state index contributed by atoms with van der Waals surface area (Å²) in [6, 6.07) is 28.6. The quantitative estimate of drug-likeness (QED) is 0.183. The molecular formula is C41H48N4O4Si. The topological polar surface area (TPSA) is 97.7 Å². The monoisotopic (exact) mass is 688 g/mol. The third-order valence-corrected chi connectivity index (χ3v) is 14.5. The lowest BCUT2D eigenvalue weighted by Gasteiger charge is -2.48. The van der Waals surface area contributed by atoms with Gasteiger partial charge < -0.3 is 19.2 Å². The zero-order valence-corrected chi connectivity index (χ0v) is 31.4. The number of pyridine rings is 1. The van der Waals surface area contributed by atoms with Gasteiger partial charge in [0.25, 0.3) is 8.32 Å². The van der Waals surface area contributed by atoms with Crippen LogP contribution in [0.1, 0.15) is 70.7 Å². The third kappa shape index (κ3) is 7.02. The number of ether oxygens (including phenoxy) is 1. The number of hydrogen-bond donors (Lipinski definition) is 1. The largest absolute Gasteiger partial charge is 0.507 e. The number of benzene rings is 3. The van der Waals surface area contributed by atoms with Crippen LogP contribution in [0.25, 0.3) is 22.4 Å². The standard InChI is InChI=1S/C41H48N4O4Si/c1-27-23-28(2)37(35(46)24-27)32-19-20-33-38(43-32)44-34(25-42-33)31-21-22-45(39(47)48-40(3,4)5)26-36(31)49-50(41(6,7)8,29-15-11-9-12-16-29)30-17-13-10-14-18-30/h9-20,23-25,31,36,46H,21-22,26H2,1-8H3. The van der Waals surface area contributed by atoms with E-state index in [1.807, 2.05) is 71.1 Å². The predicted molar refractivity (Wildman–Crippen MR) is 202 cm³/mol. The molecule has 2 atom stereocenters. The molecule has 6 rings (SSSR count). The van der Waals surface area contributed by atoms with E-state index in [1.54, 1.807) is 11.0 Å². The summed E-state index contributed by atoms with van der Waals surface area (Å²) in [7, 11) is -3.02. The average Bonchev–Trinajstić information content (AvgIpc) is 3.06. The van der Waals surface area contributed by atoms with Crippen molar-refractivity contribution in [3.63, 3.8) is 0 Å². The van der Waals surface area contributed by atoms with Gasteiger partial charge in [-0.2, -0.15) is 0 Å². The van der Waals surface area contributed by atoms with E-state index < -0.39 is 20.0 Å². The van der Waals surface area contributed by atoms with Gasteiger partial charge in [0.1, 0.15) is 16.9 Å². The molecule has 2 aromatic heterocycles. The molecule has 9 heteroatoms. The van der Waals surface area contributed by atoms with Crippen molar-refractivity contribution in [1.82, 2.24) is 19.9 Å². The third-order valence-electron chi connectivity index (χ3n) is 9.48. The van der Waals surface area contributed by atoms with E-state index in [2.05, 4.69) is 69.3 Å². The summed E-state index contributed by atoms with van der Waals surface area (Å²) >= 11 is 0. The van der Waals surface area contributed by atoms with E-state index in [1.165, 1.54) is 0 Å². The van der Waals surface area contributed by atoms with Crippen LogP contribution in [0.2, 0.25) is 5.04 Å². The number of carbonyl (C=O) groups excluding carboxylic acids is 1. The molecule has 0 aliphatic carbocycles. The molecule has 0 bridgehead atoms. The zero-order valence-electron chi connectivity index (χ0n) is 30.4. The van der Waals surface area contributed by atoms with Gasteiger partial charge in [-0.25, -0.2) is 14.8 Å². The molecule has 1 fully saturated rings. The van der Waals surface area contributed by atoms with Crippen molar-refractivity contribution < 1.29 is 19.1 Å². The second-order valence-electron chi connectivity index (χ2n) is 15.5. The van der Waals surface area contributed by atoms with Crippen molar-refractivity contribution in [3.8, 4) is 17.0 Å². The second-order valence-corrected chi connectivity index (χ2v) is 19.7. The number of carbonyl (C=O) groups is 1. The first kappa shape index (κ1) is 35.2. The van der Waals surface area contributed by atoms with Crippen molar-refractivity contribution in [2.45, 2.75) is 84.5 Å². The van der Waals surface area contributed by atoms with E-state index in [-0.39, 0.29) is 22.8 Å². The van der Waals surface area contributed by atoms with Crippen LogP contribution in [0.3, 0.4) is 0 Å². The predicted octanol–water partition coefficient (Wildman–Crippen LogP) is 7.68.